The molecular formula is C11H17N3O4S. The Morgan fingerprint density at radius 2 is 2.37 bits per heavy atom. The number of amides is 2. The number of hydrogen-bond donors (Lipinski definition) is 1. The monoisotopic (exact) mass is 287 g/mol. The summed E-state index contributed by atoms with van der Waals surface area (Å²) in [5.41, 5.74) is 0. The van der Waals surface area contributed by atoms with Crippen LogP contribution < -0.4 is 5.32 Å². The zero-order valence-electron chi connectivity index (χ0n) is 10.9. The molecule has 19 heavy (non-hydrogen) atoms. The first-order chi connectivity index (χ1) is 8.91. The average Bonchev–Trinajstić information content (AvgIpc) is 2.86. The number of anilines is 1. The van der Waals surface area contributed by atoms with Crippen molar-refractivity contribution < 1.29 is 17.7 Å². The summed E-state index contributed by atoms with van der Waals surface area (Å²) in [5.74, 6) is 1.11. The fourth-order valence-corrected chi connectivity index (χ4v) is 3.93. The molecular weight excluding hydrogens is 270 g/mol. The van der Waals surface area contributed by atoms with Crippen LogP contribution in [0, 0.1) is 6.92 Å². The summed E-state index contributed by atoms with van der Waals surface area (Å²) in [6.45, 7) is 3.99. The zero-order chi connectivity index (χ0) is 14.0. The normalized spacial score (nSPS) is 21.3. The largest absolute Gasteiger partial charge is 0.360 e. The number of nitrogens with zero attached hydrogens (tertiary/aromatic N) is 2. The van der Waals surface area contributed by atoms with Crippen molar-refractivity contribution in [3.05, 3.63) is 11.8 Å². The number of rotatable bonds is 3. The van der Waals surface area contributed by atoms with Gasteiger partial charge in [0.2, 0.25) is 0 Å². The van der Waals surface area contributed by atoms with E-state index in [0.29, 0.717) is 24.5 Å². The molecule has 0 radical (unpaired) electrons. The molecule has 7 nitrogen and oxygen atoms in total. The van der Waals surface area contributed by atoms with E-state index in [-0.39, 0.29) is 23.6 Å². The summed E-state index contributed by atoms with van der Waals surface area (Å²) in [5, 5.41) is 6.28. The molecule has 2 rings (SSSR count). The fourth-order valence-electron chi connectivity index (χ4n) is 2.20. The van der Waals surface area contributed by atoms with E-state index in [1.165, 1.54) is 4.90 Å². The van der Waals surface area contributed by atoms with E-state index in [1.807, 2.05) is 6.92 Å². The molecule has 2 amide bonds. The number of aryl methyl sites for hydroxylation is 1. The molecule has 0 spiro atoms. The molecule has 0 aliphatic carbocycles. The van der Waals surface area contributed by atoms with Gasteiger partial charge in [-0.25, -0.2) is 13.2 Å². The molecule has 1 aromatic heterocycles. The van der Waals surface area contributed by atoms with Gasteiger partial charge in [0.05, 0.1) is 11.5 Å². The Bertz CT molecular complexity index is 566. The number of nitrogens with one attached hydrogen (secondary N) is 1. The van der Waals surface area contributed by atoms with Crippen LogP contribution in [0.5, 0.6) is 0 Å². The lowest BCUT2D eigenvalue weighted by molar-refractivity contribution is 0.197. The summed E-state index contributed by atoms with van der Waals surface area (Å²) >= 11 is 0. The van der Waals surface area contributed by atoms with Crippen molar-refractivity contribution in [3.63, 3.8) is 0 Å². The predicted molar refractivity (Wildman–Crippen MR) is 69.7 cm³/mol. The minimum absolute atomic E-state index is 0.0338. The van der Waals surface area contributed by atoms with Crippen LogP contribution in [0.1, 0.15) is 19.1 Å². The third-order valence-electron chi connectivity index (χ3n) is 3.11. The maximum atomic E-state index is 12.1. The average molecular weight is 287 g/mol. The van der Waals surface area contributed by atoms with Crippen molar-refractivity contribution in [2.45, 2.75) is 26.3 Å². The molecule has 1 N–H and O–H groups in total. The second-order valence-corrected chi connectivity index (χ2v) is 6.82. The molecule has 1 unspecified atom stereocenters. The van der Waals surface area contributed by atoms with Gasteiger partial charge in [-0.1, -0.05) is 5.16 Å². The van der Waals surface area contributed by atoms with Crippen LogP contribution >= 0.6 is 0 Å². The lowest BCUT2D eigenvalue weighted by atomic mass is 10.2. The highest BCUT2D eigenvalue weighted by atomic mass is 32.2. The van der Waals surface area contributed by atoms with Crippen molar-refractivity contribution in [1.29, 1.82) is 0 Å². The number of hydrogen-bond acceptors (Lipinski definition) is 5. The highest BCUT2D eigenvalue weighted by Gasteiger charge is 2.34. The number of sulfone groups is 1. The Kier molecular flexibility index (Phi) is 3.79. The molecule has 1 atom stereocenters. The molecule has 1 fully saturated rings. The van der Waals surface area contributed by atoms with E-state index in [1.54, 1.807) is 13.0 Å². The van der Waals surface area contributed by atoms with E-state index in [9.17, 15) is 13.2 Å². The van der Waals surface area contributed by atoms with Crippen LogP contribution in [0.2, 0.25) is 0 Å². The van der Waals surface area contributed by atoms with Gasteiger partial charge in [0, 0.05) is 18.7 Å². The molecule has 0 bridgehead atoms. The number of urea groups is 1. The third-order valence-corrected chi connectivity index (χ3v) is 4.86. The van der Waals surface area contributed by atoms with Crippen LogP contribution in [-0.2, 0) is 9.84 Å². The lowest BCUT2D eigenvalue weighted by Gasteiger charge is -2.26. The Labute approximate surface area is 111 Å². The van der Waals surface area contributed by atoms with Gasteiger partial charge < -0.3 is 9.42 Å². The lowest BCUT2D eigenvalue weighted by Crippen LogP contribution is -2.43. The van der Waals surface area contributed by atoms with Crippen molar-refractivity contribution in [3.8, 4) is 0 Å². The van der Waals surface area contributed by atoms with E-state index in [2.05, 4.69) is 10.5 Å². The van der Waals surface area contributed by atoms with Gasteiger partial charge >= 0.3 is 6.03 Å². The standard InChI is InChI=1S/C11H17N3O4S/c1-3-14(9-4-5-19(16,17)7-9)11(15)12-10-6-8(2)18-13-10/h6,9H,3-5,7H2,1-2H3,(H,12,13,15). The maximum absolute atomic E-state index is 12.1. The summed E-state index contributed by atoms with van der Waals surface area (Å²) < 4.78 is 27.8. The second-order valence-electron chi connectivity index (χ2n) is 4.60. The zero-order valence-corrected chi connectivity index (χ0v) is 11.7. The minimum Gasteiger partial charge on any atom is -0.360 e. The molecule has 1 aliphatic rings. The molecule has 0 aromatic carbocycles. The van der Waals surface area contributed by atoms with E-state index in [4.69, 9.17) is 4.52 Å². The van der Waals surface area contributed by atoms with Crippen LogP contribution in [0.3, 0.4) is 0 Å². The van der Waals surface area contributed by atoms with Gasteiger partial charge in [-0.05, 0) is 20.3 Å². The first-order valence-corrected chi connectivity index (χ1v) is 7.95. The van der Waals surface area contributed by atoms with Crippen molar-refractivity contribution in [1.82, 2.24) is 10.1 Å². The third kappa shape index (κ3) is 3.25. The topological polar surface area (TPSA) is 92.5 Å². The molecule has 1 saturated heterocycles. The van der Waals surface area contributed by atoms with Crippen molar-refractivity contribution >= 4 is 21.7 Å². The predicted octanol–water partition coefficient (Wildman–Crippen LogP) is 1.02. The van der Waals surface area contributed by atoms with Gasteiger partial charge in [-0.2, -0.15) is 0 Å². The Morgan fingerprint density at radius 1 is 1.63 bits per heavy atom. The fraction of sp³-hybridized carbons (Fsp3) is 0.636. The Hall–Kier alpha value is -1.57. The summed E-state index contributed by atoms with van der Waals surface area (Å²) in [7, 11) is -3.01. The summed E-state index contributed by atoms with van der Waals surface area (Å²) in [4.78, 5) is 13.6. The summed E-state index contributed by atoms with van der Waals surface area (Å²) in [6.07, 6.45) is 0.488. The van der Waals surface area contributed by atoms with Gasteiger partial charge in [0.1, 0.15) is 5.76 Å². The minimum atomic E-state index is -3.01. The van der Waals surface area contributed by atoms with E-state index in [0.717, 1.165) is 0 Å². The van der Waals surface area contributed by atoms with Crippen LogP contribution in [0.25, 0.3) is 0 Å². The van der Waals surface area contributed by atoms with Crippen molar-refractivity contribution in [2.24, 2.45) is 0 Å². The van der Waals surface area contributed by atoms with Gasteiger partial charge in [-0.15, -0.1) is 0 Å². The second kappa shape index (κ2) is 5.20. The SMILES string of the molecule is CCN(C(=O)Nc1cc(C)on1)C1CCS(=O)(=O)C1. The van der Waals surface area contributed by atoms with Gasteiger partial charge in [0.15, 0.2) is 15.7 Å². The van der Waals surface area contributed by atoms with Gasteiger partial charge in [0.25, 0.3) is 0 Å². The van der Waals surface area contributed by atoms with Crippen LogP contribution in [-0.4, -0.2) is 48.6 Å². The van der Waals surface area contributed by atoms with E-state index >= 15 is 0 Å². The molecule has 0 saturated carbocycles. The molecule has 1 aromatic rings. The molecule has 1 aliphatic heterocycles. The van der Waals surface area contributed by atoms with E-state index < -0.39 is 9.84 Å². The molecule has 8 heteroatoms. The Balaban J connectivity index is 2.03. The maximum Gasteiger partial charge on any atom is 0.323 e. The first-order valence-electron chi connectivity index (χ1n) is 6.12. The van der Waals surface area contributed by atoms with Crippen LogP contribution in [0.4, 0.5) is 10.6 Å². The number of carbonyl (C=O) groups excluding carboxylic acids is 1. The highest BCUT2D eigenvalue weighted by molar-refractivity contribution is 7.91. The van der Waals surface area contributed by atoms with Crippen molar-refractivity contribution in [2.75, 3.05) is 23.4 Å². The Morgan fingerprint density at radius 3 is 2.84 bits per heavy atom. The molecule has 106 valence electrons. The summed E-state index contributed by atoms with van der Waals surface area (Å²) in [6, 6.07) is 0.998. The highest BCUT2D eigenvalue weighted by Crippen LogP contribution is 2.18. The number of carbonyl (C=O) groups is 1. The van der Waals surface area contributed by atoms with Gasteiger partial charge in [-0.3, -0.25) is 5.32 Å². The smallest absolute Gasteiger partial charge is 0.323 e. The number of aromatic nitrogens is 1. The first kappa shape index (κ1) is 13.9. The quantitative estimate of drug-likeness (QED) is 0.896. The van der Waals surface area contributed by atoms with Crippen LogP contribution in [0.15, 0.2) is 10.6 Å². The molecule has 2 heterocycles.